The number of halogens is 1. The fraction of sp³-hybridized carbons (Fsp3) is 0.562. The van der Waals surface area contributed by atoms with Crippen molar-refractivity contribution in [3.05, 3.63) is 29.3 Å². The zero-order valence-electron chi connectivity index (χ0n) is 13.0. The Balaban J connectivity index is 1.69. The first kappa shape index (κ1) is 16.6. The van der Waals surface area contributed by atoms with Gasteiger partial charge in [0, 0.05) is 11.1 Å². The zero-order chi connectivity index (χ0) is 16.6. The second-order valence-corrected chi connectivity index (χ2v) is 8.94. The van der Waals surface area contributed by atoms with E-state index in [1.807, 2.05) is 0 Å². The van der Waals surface area contributed by atoms with Crippen LogP contribution in [-0.4, -0.2) is 33.2 Å². The number of fused-ring (bicyclic) bond motifs is 2. The average molecular weight is 357 g/mol. The zero-order valence-corrected chi connectivity index (χ0v) is 14.6. The quantitative estimate of drug-likeness (QED) is 0.881. The van der Waals surface area contributed by atoms with Gasteiger partial charge < -0.3 is 5.32 Å². The second kappa shape index (κ2) is 6.32. The number of hydrogen-bond acceptors (Lipinski definition) is 3. The number of carbonyl (C=O) groups excluding carboxylic acids is 1. The van der Waals surface area contributed by atoms with Crippen LogP contribution in [0.5, 0.6) is 0 Å². The van der Waals surface area contributed by atoms with Crippen molar-refractivity contribution >= 4 is 33.2 Å². The lowest BCUT2D eigenvalue weighted by atomic mass is 9.95. The molecule has 3 atom stereocenters. The van der Waals surface area contributed by atoms with Crippen LogP contribution in [0.25, 0.3) is 0 Å². The third-order valence-corrected chi connectivity index (χ3v) is 6.28. The monoisotopic (exact) mass is 356 g/mol. The summed E-state index contributed by atoms with van der Waals surface area (Å²) in [4.78, 5) is 12.3. The summed E-state index contributed by atoms with van der Waals surface area (Å²) in [7, 11) is -3.54. The normalized spacial score (nSPS) is 26.3. The lowest BCUT2D eigenvalue weighted by molar-refractivity contribution is -0.120. The lowest BCUT2D eigenvalue weighted by Crippen LogP contribution is -2.45. The number of amides is 1. The second-order valence-electron chi connectivity index (χ2n) is 6.59. The molecule has 0 heterocycles. The highest BCUT2D eigenvalue weighted by Gasteiger charge is 2.40. The van der Waals surface area contributed by atoms with E-state index in [1.54, 1.807) is 24.3 Å². The Labute approximate surface area is 142 Å². The highest BCUT2D eigenvalue weighted by Crippen LogP contribution is 2.44. The van der Waals surface area contributed by atoms with Crippen LogP contribution in [0.3, 0.4) is 0 Å². The van der Waals surface area contributed by atoms with E-state index in [9.17, 15) is 13.2 Å². The fourth-order valence-corrected chi connectivity index (χ4v) is 4.79. The molecule has 2 bridgehead atoms. The van der Waals surface area contributed by atoms with Gasteiger partial charge in [-0.1, -0.05) is 18.0 Å². The van der Waals surface area contributed by atoms with Gasteiger partial charge in [-0.2, -0.15) is 0 Å². The predicted octanol–water partition coefficient (Wildman–Crippen LogP) is 2.41. The van der Waals surface area contributed by atoms with Gasteiger partial charge in [-0.3, -0.25) is 9.10 Å². The van der Waals surface area contributed by atoms with E-state index >= 15 is 0 Å². The molecule has 0 unspecified atom stereocenters. The third-order valence-electron chi connectivity index (χ3n) is 4.89. The van der Waals surface area contributed by atoms with Crippen molar-refractivity contribution in [3.8, 4) is 0 Å². The molecule has 0 aliphatic heterocycles. The Hall–Kier alpha value is -1.27. The van der Waals surface area contributed by atoms with Gasteiger partial charge >= 0.3 is 0 Å². The Kier molecular flexibility index (Phi) is 4.56. The summed E-state index contributed by atoms with van der Waals surface area (Å²) in [6, 6.07) is 6.64. The van der Waals surface area contributed by atoms with E-state index in [1.165, 1.54) is 19.3 Å². The van der Waals surface area contributed by atoms with Crippen LogP contribution in [0.15, 0.2) is 24.3 Å². The minimum Gasteiger partial charge on any atom is -0.352 e. The van der Waals surface area contributed by atoms with Gasteiger partial charge in [-0.05, 0) is 55.4 Å². The van der Waals surface area contributed by atoms with E-state index in [2.05, 4.69) is 5.32 Å². The van der Waals surface area contributed by atoms with Crippen LogP contribution in [0, 0.1) is 11.8 Å². The first-order valence-corrected chi connectivity index (χ1v) is 10.1. The molecule has 23 heavy (non-hydrogen) atoms. The van der Waals surface area contributed by atoms with Crippen molar-refractivity contribution in [3.63, 3.8) is 0 Å². The van der Waals surface area contributed by atoms with Crippen LogP contribution in [0.4, 0.5) is 5.69 Å². The molecule has 2 fully saturated rings. The van der Waals surface area contributed by atoms with Crippen molar-refractivity contribution in [1.82, 2.24) is 5.32 Å². The molecule has 5 nitrogen and oxygen atoms in total. The molecule has 0 radical (unpaired) electrons. The van der Waals surface area contributed by atoms with Gasteiger partial charge in [0.2, 0.25) is 15.9 Å². The number of nitrogens with one attached hydrogen (secondary N) is 1. The van der Waals surface area contributed by atoms with Crippen LogP contribution in [-0.2, 0) is 14.8 Å². The van der Waals surface area contributed by atoms with Gasteiger partial charge in [0.15, 0.2) is 0 Å². The van der Waals surface area contributed by atoms with Gasteiger partial charge in [-0.25, -0.2) is 8.42 Å². The van der Waals surface area contributed by atoms with Gasteiger partial charge in [0.25, 0.3) is 0 Å². The first-order chi connectivity index (χ1) is 10.8. The van der Waals surface area contributed by atoms with Crippen molar-refractivity contribution < 1.29 is 13.2 Å². The highest BCUT2D eigenvalue weighted by atomic mass is 35.5. The maximum absolute atomic E-state index is 12.3. The summed E-state index contributed by atoms with van der Waals surface area (Å²) in [5, 5.41) is 3.54. The molecule has 0 aromatic heterocycles. The molecular weight excluding hydrogens is 336 g/mol. The smallest absolute Gasteiger partial charge is 0.241 e. The van der Waals surface area contributed by atoms with Gasteiger partial charge in [0.05, 0.1) is 11.9 Å². The molecule has 2 aliphatic carbocycles. The van der Waals surface area contributed by atoms with E-state index in [0.717, 1.165) is 22.9 Å². The molecule has 1 aromatic carbocycles. The molecular formula is C16H21ClN2O3S. The summed E-state index contributed by atoms with van der Waals surface area (Å²) in [6.07, 6.45) is 5.75. The average Bonchev–Trinajstić information content (AvgIpc) is 3.07. The molecule has 2 aliphatic rings. The molecule has 7 heteroatoms. The highest BCUT2D eigenvalue weighted by molar-refractivity contribution is 7.92. The maximum Gasteiger partial charge on any atom is 0.241 e. The Morgan fingerprint density at radius 2 is 1.96 bits per heavy atom. The number of hydrogen-bond donors (Lipinski definition) is 1. The summed E-state index contributed by atoms with van der Waals surface area (Å²) >= 11 is 5.84. The van der Waals surface area contributed by atoms with Crippen LogP contribution in [0.1, 0.15) is 25.7 Å². The SMILES string of the molecule is CS(=O)(=O)N(CC(=O)N[C@H]1C[C@H]2CC[C@H]1C2)c1ccc(Cl)cc1. The number of benzene rings is 1. The molecule has 1 N–H and O–H groups in total. The Bertz CT molecular complexity index is 690. The summed E-state index contributed by atoms with van der Waals surface area (Å²) < 4.78 is 25.2. The first-order valence-electron chi connectivity index (χ1n) is 7.85. The molecule has 2 saturated carbocycles. The number of carbonyl (C=O) groups is 1. The van der Waals surface area contributed by atoms with Crippen molar-refractivity contribution in [2.45, 2.75) is 31.7 Å². The molecule has 0 spiro atoms. The molecule has 1 amide bonds. The topological polar surface area (TPSA) is 66.5 Å². The number of anilines is 1. The van der Waals surface area contributed by atoms with Gasteiger partial charge in [0.1, 0.15) is 6.54 Å². The van der Waals surface area contributed by atoms with Crippen molar-refractivity contribution in [1.29, 1.82) is 0 Å². The Morgan fingerprint density at radius 1 is 1.26 bits per heavy atom. The maximum atomic E-state index is 12.3. The van der Waals surface area contributed by atoms with E-state index < -0.39 is 10.0 Å². The van der Waals surface area contributed by atoms with Crippen LogP contribution >= 0.6 is 11.6 Å². The number of rotatable bonds is 5. The van der Waals surface area contributed by atoms with E-state index in [0.29, 0.717) is 16.6 Å². The predicted molar refractivity (Wildman–Crippen MR) is 91.0 cm³/mol. The van der Waals surface area contributed by atoms with Crippen LogP contribution < -0.4 is 9.62 Å². The van der Waals surface area contributed by atoms with Crippen molar-refractivity contribution in [2.75, 3.05) is 17.1 Å². The molecule has 1 aromatic rings. The van der Waals surface area contributed by atoms with E-state index in [-0.39, 0.29) is 18.5 Å². The Morgan fingerprint density at radius 3 is 2.48 bits per heavy atom. The van der Waals surface area contributed by atoms with Gasteiger partial charge in [-0.15, -0.1) is 0 Å². The minimum absolute atomic E-state index is 0.200. The third kappa shape index (κ3) is 3.80. The standard InChI is InChI=1S/C16H21ClN2O3S/c1-23(21,22)19(14-6-4-13(17)5-7-14)10-16(20)18-15-9-11-2-3-12(15)8-11/h4-7,11-12,15H,2-3,8-10H2,1H3,(H,18,20)/t11-,12-,15-/m0/s1. The molecule has 126 valence electrons. The lowest BCUT2D eigenvalue weighted by Gasteiger charge is -2.26. The minimum atomic E-state index is -3.54. The molecule has 0 saturated heterocycles. The summed E-state index contributed by atoms with van der Waals surface area (Å²) in [6.45, 7) is -0.200. The van der Waals surface area contributed by atoms with E-state index in [4.69, 9.17) is 11.6 Å². The molecule has 3 rings (SSSR count). The number of sulfonamides is 1. The van der Waals surface area contributed by atoms with Crippen molar-refractivity contribution in [2.24, 2.45) is 11.8 Å². The number of nitrogens with zero attached hydrogens (tertiary/aromatic N) is 1. The largest absolute Gasteiger partial charge is 0.352 e. The summed E-state index contributed by atoms with van der Waals surface area (Å²) in [5.41, 5.74) is 0.444. The fourth-order valence-electron chi connectivity index (χ4n) is 3.81. The van der Waals surface area contributed by atoms with Crippen LogP contribution in [0.2, 0.25) is 5.02 Å². The summed E-state index contributed by atoms with van der Waals surface area (Å²) in [5.74, 6) is 1.04.